The van der Waals surface area contributed by atoms with Crippen LogP contribution in [0.3, 0.4) is 0 Å². The summed E-state index contributed by atoms with van der Waals surface area (Å²) < 4.78 is 2.14. The Bertz CT molecular complexity index is 499. The zero-order chi connectivity index (χ0) is 11.7. The summed E-state index contributed by atoms with van der Waals surface area (Å²) in [6, 6.07) is 6.72. The Balaban J connectivity index is 2.55. The fourth-order valence-electron chi connectivity index (χ4n) is 2.24. The number of anilines is 1. The number of rotatable bonds is 3. The van der Waals surface area contributed by atoms with Crippen LogP contribution in [0.2, 0.25) is 0 Å². The van der Waals surface area contributed by atoms with Crippen LogP contribution in [0, 0.1) is 6.92 Å². The first-order valence-corrected chi connectivity index (χ1v) is 5.87. The molecule has 0 aliphatic rings. The van der Waals surface area contributed by atoms with Crippen molar-refractivity contribution in [3.05, 3.63) is 23.8 Å². The number of nitrogen functional groups attached to an aromatic ring is 1. The van der Waals surface area contributed by atoms with E-state index in [4.69, 9.17) is 5.73 Å². The predicted molar refractivity (Wildman–Crippen MR) is 68.5 cm³/mol. The maximum Gasteiger partial charge on any atom is 0.201 e. The summed E-state index contributed by atoms with van der Waals surface area (Å²) in [5.41, 5.74) is 9.35. The number of benzene rings is 1. The first kappa shape index (κ1) is 11.0. The van der Waals surface area contributed by atoms with Gasteiger partial charge in [-0.1, -0.05) is 19.4 Å². The number of aryl methyl sites for hydroxylation is 1. The minimum Gasteiger partial charge on any atom is -0.369 e. The molecule has 0 bridgehead atoms. The number of nitrogens with two attached hydrogens (primary N) is 1. The van der Waals surface area contributed by atoms with Crippen molar-refractivity contribution in [1.29, 1.82) is 0 Å². The number of hydrogen-bond donors (Lipinski definition) is 1. The third-order valence-electron chi connectivity index (χ3n) is 3.02. The lowest BCUT2D eigenvalue weighted by Crippen LogP contribution is -2.08. The standard InChI is InChI=1S/C13H19N3/c1-4-5-10(3)16-12-7-6-9(2)8-11(12)15-13(16)14/h6-8,10H,4-5H2,1-3H3,(H2,14,15). The van der Waals surface area contributed by atoms with Gasteiger partial charge in [0, 0.05) is 6.04 Å². The van der Waals surface area contributed by atoms with Crippen molar-refractivity contribution in [3.63, 3.8) is 0 Å². The zero-order valence-corrected chi connectivity index (χ0v) is 10.2. The molecule has 0 amide bonds. The van der Waals surface area contributed by atoms with E-state index in [-0.39, 0.29) is 0 Å². The van der Waals surface area contributed by atoms with Gasteiger partial charge in [0.25, 0.3) is 0 Å². The van der Waals surface area contributed by atoms with Gasteiger partial charge in [-0.15, -0.1) is 0 Å². The molecule has 0 saturated heterocycles. The van der Waals surface area contributed by atoms with E-state index in [0.29, 0.717) is 12.0 Å². The molecule has 3 nitrogen and oxygen atoms in total. The molecule has 1 unspecified atom stereocenters. The largest absolute Gasteiger partial charge is 0.369 e. The van der Waals surface area contributed by atoms with Crippen LogP contribution in [0.4, 0.5) is 5.95 Å². The molecule has 0 saturated carbocycles. The maximum absolute atomic E-state index is 5.99. The molecule has 2 N–H and O–H groups in total. The number of aromatic nitrogens is 2. The van der Waals surface area contributed by atoms with Crippen molar-refractivity contribution in [1.82, 2.24) is 9.55 Å². The van der Waals surface area contributed by atoms with E-state index in [1.54, 1.807) is 0 Å². The molecule has 1 heterocycles. The summed E-state index contributed by atoms with van der Waals surface area (Å²) >= 11 is 0. The van der Waals surface area contributed by atoms with Crippen LogP contribution < -0.4 is 5.73 Å². The van der Waals surface area contributed by atoms with Gasteiger partial charge in [-0.05, 0) is 38.0 Å². The van der Waals surface area contributed by atoms with Crippen molar-refractivity contribution in [2.75, 3.05) is 5.73 Å². The highest BCUT2D eigenvalue weighted by Crippen LogP contribution is 2.25. The van der Waals surface area contributed by atoms with E-state index in [1.165, 1.54) is 5.56 Å². The molecule has 0 radical (unpaired) electrons. The number of fused-ring (bicyclic) bond motifs is 1. The molecule has 0 aliphatic heterocycles. The summed E-state index contributed by atoms with van der Waals surface area (Å²) in [5, 5.41) is 0. The van der Waals surface area contributed by atoms with Gasteiger partial charge in [0.15, 0.2) is 0 Å². The first-order valence-electron chi connectivity index (χ1n) is 5.87. The van der Waals surface area contributed by atoms with Crippen LogP contribution in [0.15, 0.2) is 18.2 Å². The van der Waals surface area contributed by atoms with Crippen molar-refractivity contribution in [3.8, 4) is 0 Å². The van der Waals surface area contributed by atoms with Crippen molar-refractivity contribution < 1.29 is 0 Å². The van der Waals surface area contributed by atoms with Gasteiger partial charge in [0.2, 0.25) is 5.95 Å². The van der Waals surface area contributed by atoms with Crippen LogP contribution in [0.25, 0.3) is 11.0 Å². The van der Waals surface area contributed by atoms with Gasteiger partial charge in [0.1, 0.15) is 0 Å². The monoisotopic (exact) mass is 217 g/mol. The third-order valence-corrected chi connectivity index (χ3v) is 3.02. The average molecular weight is 217 g/mol. The van der Waals surface area contributed by atoms with Crippen molar-refractivity contribution >= 4 is 17.0 Å². The molecule has 2 aromatic rings. The third kappa shape index (κ3) is 1.77. The minimum absolute atomic E-state index is 0.415. The molecule has 1 aromatic carbocycles. The number of imidazole rings is 1. The van der Waals surface area contributed by atoms with Gasteiger partial charge in [0.05, 0.1) is 11.0 Å². The van der Waals surface area contributed by atoms with Crippen LogP contribution in [0.1, 0.15) is 38.3 Å². The van der Waals surface area contributed by atoms with E-state index < -0.39 is 0 Å². The van der Waals surface area contributed by atoms with Crippen LogP contribution in [-0.2, 0) is 0 Å². The van der Waals surface area contributed by atoms with Crippen LogP contribution in [-0.4, -0.2) is 9.55 Å². The lowest BCUT2D eigenvalue weighted by atomic mass is 10.1. The van der Waals surface area contributed by atoms with Gasteiger partial charge in [-0.25, -0.2) is 4.98 Å². The summed E-state index contributed by atoms with van der Waals surface area (Å²) in [6.45, 7) is 6.46. The highest BCUT2D eigenvalue weighted by molar-refractivity contribution is 5.79. The number of nitrogens with zero attached hydrogens (tertiary/aromatic N) is 2. The molecule has 16 heavy (non-hydrogen) atoms. The molecule has 86 valence electrons. The van der Waals surface area contributed by atoms with Gasteiger partial charge >= 0.3 is 0 Å². The molecule has 1 atom stereocenters. The smallest absolute Gasteiger partial charge is 0.201 e. The predicted octanol–water partition coefficient (Wildman–Crippen LogP) is 3.29. The molecule has 2 rings (SSSR count). The lowest BCUT2D eigenvalue weighted by Gasteiger charge is -2.14. The second-order valence-electron chi connectivity index (χ2n) is 4.47. The number of hydrogen-bond acceptors (Lipinski definition) is 2. The molecule has 0 fully saturated rings. The van der Waals surface area contributed by atoms with E-state index in [2.05, 4.69) is 48.5 Å². The van der Waals surface area contributed by atoms with Crippen molar-refractivity contribution in [2.45, 2.75) is 39.7 Å². The first-order chi connectivity index (χ1) is 7.63. The lowest BCUT2D eigenvalue weighted by molar-refractivity contribution is 0.518. The SMILES string of the molecule is CCCC(C)n1c(N)nc2cc(C)ccc21. The Morgan fingerprint density at radius 1 is 1.44 bits per heavy atom. The molecular weight excluding hydrogens is 198 g/mol. The average Bonchev–Trinajstić information content (AvgIpc) is 2.53. The quantitative estimate of drug-likeness (QED) is 0.857. The van der Waals surface area contributed by atoms with Crippen LogP contribution in [0.5, 0.6) is 0 Å². The Kier molecular flexibility index (Phi) is 2.86. The van der Waals surface area contributed by atoms with Gasteiger partial charge in [-0.3, -0.25) is 0 Å². The van der Waals surface area contributed by atoms with E-state index in [1.807, 2.05) is 0 Å². The molecule has 0 spiro atoms. The topological polar surface area (TPSA) is 43.8 Å². The van der Waals surface area contributed by atoms with E-state index in [0.717, 1.165) is 23.9 Å². The fourth-order valence-corrected chi connectivity index (χ4v) is 2.24. The highest BCUT2D eigenvalue weighted by Gasteiger charge is 2.12. The van der Waals surface area contributed by atoms with E-state index in [9.17, 15) is 0 Å². The maximum atomic E-state index is 5.99. The molecule has 3 heteroatoms. The highest BCUT2D eigenvalue weighted by atomic mass is 15.2. The normalized spacial score (nSPS) is 13.2. The van der Waals surface area contributed by atoms with Crippen LogP contribution >= 0.6 is 0 Å². The summed E-state index contributed by atoms with van der Waals surface area (Å²) in [4.78, 5) is 4.42. The Hall–Kier alpha value is -1.51. The molecular formula is C13H19N3. The van der Waals surface area contributed by atoms with Gasteiger partial charge in [-0.2, -0.15) is 0 Å². The molecule has 1 aromatic heterocycles. The summed E-state index contributed by atoms with van der Waals surface area (Å²) in [7, 11) is 0. The van der Waals surface area contributed by atoms with E-state index >= 15 is 0 Å². The summed E-state index contributed by atoms with van der Waals surface area (Å²) in [6.07, 6.45) is 2.29. The minimum atomic E-state index is 0.415. The zero-order valence-electron chi connectivity index (χ0n) is 10.2. The fraction of sp³-hybridized carbons (Fsp3) is 0.462. The van der Waals surface area contributed by atoms with Gasteiger partial charge < -0.3 is 10.3 Å². The second kappa shape index (κ2) is 4.16. The van der Waals surface area contributed by atoms with Crippen molar-refractivity contribution in [2.24, 2.45) is 0 Å². The summed E-state index contributed by atoms with van der Waals surface area (Å²) in [5.74, 6) is 0.626. The second-order valence-corrected chi connectivity index (χ2v) is 4.47. The Morgan fingerprint density at radius 2 is 2.19 bits per heavy atom. The molecule has 0 aliphatic carbocycles. The Labute approximate surface area is 96.3 Å². The Morgan fingerprint density at radius 3 is 2.88 bits per heavy atom.